The quantitative estimate of drug-likeness (QED) is 0.760. The lowest BCUT2D eigenvalue weighted by Crippen LogP contribution is -2.55. The lowest BCUT2D eigenvalue weighted by atomic mass is 9.88. The summed E-state index contributed by atoms with van der Waals surface area (Å²) in [7, 11) is 1.47. The number of piperidine rings is 1. The average Bonchev–Trinajstić information content (AvgIpc) is 2.38. The van der Waals surface area contributed by atoms with E-state index in [1.165, 1.54) is 13.5 Å². The molecule has 4 heteroatoms. The Kier molecular flexibility index (Phi) is 6.46. The lowest BCUT2D eigenvalue weighted by Gasteiger charge is -2.38. The highest BCUT2D eigenvalue weighted by atomic mass is 16.5. The van der Waals surface area contributed by atoms with Gasteiger partial charge in [-0.2, -0.15) is 0 Å². The molecule has 3 unspecified atom stereocenters. The summed E-state index contributed by atoms with van der Waals surface area (Å²) in [6.45, 7) is 14.0. The van der Waals surface area contributed by atoms with Gasteiger partial charge in [0, 0.05) is 19.1 Å². The van der Waals surface area contributed by atoms with Crippen molar-refractivity contribution in [3.05, 3.63) is 0 Å². The SMILES string of the molecule is COC(=O)C(C)(CCN1CCC(C)C(C)C1)NC(C)C. The summed E-state index contributed by atoms with van der Waals surface area (Å²) in [5, 5.41) is 3.37. The summed E-state index contributed by atoms with van der Waals surface area (Å²) in [5.74, 6) is 1.39. The minimum Gasteiger partial charge on any atom is -0.468 e. The molecular formula is C16H32N2O2. The van der Waals surface area contributed by atoms with Crippen LogP contribution in [0.25, 0.3) is 0 Å². The van der Waals surface area contributed by atoms with Crippen molar-refractivity contribution in [2.75, 3.05) is 26.7 Å². The second-order valence-electron chi connectivity index (χ2n) is 6.92. The Morgan fingerprint density at radius 2 is 2.05 bits per heavy atom. The van der Waals surface area contributed by atoms with E-state index in [4.69, 9.17) is 4.74 Å². The number of ether oxygens (including phenoxy) is 1. The van der Waals surface area contributed by atoms with Crippen LogP contribution in [0.5, 0.6) is 0 Å². The second-order valence-corrected chi connectivity index (χ2v) is 6.92. The number of rotatable bonds is 6. The molecule has 0 aromatic carbocycles. The van der Waals surface area contributed by atoms with E-state index in [9.17, 15) is 4.79 Å². The maximum absolute atomic E-state index is 12.1. The van der Waals surface area contributed by atoms with Gasteiger partial charge in [-0.15, -0.1) is 0 Å². The third kappa shape index (κ3) is 4.74. The van der Waals surface area contributed by atoms with Crippen LogP contribution < -0.4 is 5.32 Å². The molecule has 4 nitrogen and oxygen atoms in total. The molecule has 0 aromatic rings. The molecular weight excluding hydrogens is 252 g/mol. The first-order valence-corrected chi connectivity index (χ1v) is 7.87. The summed E-state index contributed by atoms with van der Waals surface area (Å²) in [5.41, 5.74) is -0.588. The van der Waals surface area contributed by atoms with Crippen LogP contribution in [0.15, 0.2) is 0 Å². The molecule has 0 aromatic heterocycles. The van der Waals surface area contributed by atoms with Gasteiger partial charge >= 0.3 is 5.97 Å². The number of methoxy groups -OCH3 is 1. The highest BCUT2D eigenvalue weighted by molar-refractivity contribution is 5.80. The Bertz CT molecular complexity index is 320. The predicted molar refractivity (Wildman–Crippen MR) is 82.7 cm³/mol. The topological polar surface area (TPSA) is 41.6 Å². The van der Waals surface area contributed by atoms with Crippen molar-refractivity contribution < 1.29 is 9.53 Å². The van der Waals surface area contributed by atoms with E-state index >= 15 is 0 Å². The molecule has 0 aliphatic carbocycles. The molecule has 1 rings (SSSR count). The number of hydrogen-bond donors (Lipinski definition) is 1. The van der Waals surface area contributed by atoms with Gasteiger partial charge in [0.15, 0.2) is 0 Å². The summed E-state index contributed by atoms with van der Waals surface area (Å²) in [6.07, 6.45) is 2.05. The lowest BCUT2D eigenvalue weighted by molar-refractivity contribution is -0.148. The van der Waals surface area contributed by atoms with Crippen LogP contribution in [0.4, 0.5) is 0 Å². The van der Waals surface area contributed by atoms with E-state index in [1.54, 1.807) is 0 Å². The van der Waals surface area contributed by atoms with Crippen LogP contribution in [0.3, 0.4) is 0 Å². The minimum atomic E-state index is -0.588. The molecule has 20 heavy (non-hydrogen) atoms. The van der Waals surface area contributed by atoms with E-state index in [-0.39, 0.29) is 12.0 Å². The van der Waals surface area contributed by atoms with E-state index in [2.05, 4.69) is 37.9 Å². The van der Waals surface area contributed by atoms with E-state index in [0.29, 0.717) is 0 Å². The average molecular weight is 284 g/mol. The zero-order valence-electron chi connectivity index (χ0n) is 14.0. The van der Waals surface area contributed by atoms with Crippen LogP contribution in [0, 0.1) is 11.8 Å². The highest BCUT2D eigenvalue weighted by Crippen LogP contribution is 2.23. The van der Waals surface area contributed by atoms with Gasteiger partial charge in [0.1, 0.15) is 5.54 Å². The van der Waals surface area contributed by atoms with E-state index in [1.807, 2.05) is 6.92 Å². The normalized spacial score (nSPS) is 27.4. The van der Waals surface area contributed by atoms with Gasteiger partial charge in [0.05, 0.1) is 7.11 Å². The molecule has 1 saturated heterocycles. The zero-order valence-corrected chi connectivity index (χ0v) is 14.0. The van der Waals surface area contributed by atoms with Gasteiger partial charge < -0.3 is 9.64 Å². The second kappa shape index (κ2) is 7.41. The molecule has 118 valence electrons. The third-order valence-electron chi connectivity index (χ3n) is 4.59. The molecule has 1 fully saturated rings. The largest absolute Gasteiger partial charge is 0.468 e. The Balaban J connectivity index is 2.56. The molecule has 0 saturated carbocycles. The van der Waals surface area contributed by atoms with Gasteiger partial charge in [-0.3, -0.25) is 10.1 Å². The molecule has 1 N–H and O–H groups in total. The first-order valence-electron chi connectivity index (χ1n) is 7.87. The first-order chi connectivity index (χ1) is 9.28. The Morgan fingerprint density at radius 1 is 1.40 bits per heavy atom. The number of carbonyl (C=O) groups excluding carboxylic acids is 1. The van der Waals surface area contributed by atoms with Crippen LogP contribution in [-0.4, -0.2) is 49.2 Å². The van der Waals surface area contributed by atoms with Crippen LogP contribution in [-0.2, 0) is 9.53 Å². The monoisotopic (exact) mass is 284 g/mol. The molecule has 1 aliphatic heterocycles. The standard InChI is InChI=1S/C16H32N2O2/c1-12(2)17-16(5,15(19)20-6)8-10-18-9-7-13(3)14(4)11-18/h12-14,17H,7-11H2,1-6H3. The van der Waals surface area contributed by atoms with E-state index in [0.717, 1.165) is 37.9 Å². The summed E-state index contributed by atoms with van der Waals surface area (Å²) in [6, 6.07) is 0.263. The van der Waals surface area contributed by atoms with Crippen molar-refractivity contribution in [3.63, 3.8) is 0 Å². The van der Waals surface area contributed by atoms with Crippen molar-refractivity contribution >= 4 is 5.97 Å². The molecule has 0 radical (unpaired) electrons. The molecule has 1 heterocycles. The first kappa shape index (κ1) is 17.4. The minimum absolute atomic E-state index is 0.162. The fourth-order valence-electron chi connectivity index (χ4n) is 3.03. The summed E-state index contributed by atoms with van der Waals surface area (Å²) >= 11 is 0. The number of likely N-dealkylation sites (tertiary alicyclic amines) is 1. The van der Waals surface area contributed by atoms with Crippen molar-refractivity contribution in [1.82, 2.24) is 10.2 Å². The summed E-state index contributed by atoms with van der Waals surface area (Å²) < 4.78 is 4.97. The molecule has 0 bridgehead atoms. The smallest absolute Gasteiger partial charge is 0.325 e. The Labute approximate surface area is 124 Å². The fraction of sp³-hybridized carbons (Fsp3) is 0.938. The Hall–Kier alpha value is -0.610. The van der Waals surface area contributed by atoms with Crippen molar-refractivity contribution in [2.24, 2.45) is 11.8 Å². The van der Waals surface area contributed by atoms with Gasteiger partial charge in [-0.1, -0.05) is 13.8 Å². The van der Waals surface area contributed by atoms with Crippen molar-refractivity contribution in [2.45, 2.75) is 59.0 Å². The van der Waals surface area contributed by atoms with Crippen molar-refractivity contribution in [1.29, 1.82) is 0 Å². The van der Waals surface area contributed by atoms with E-state index < -0.39 is 5.54 Å². The fourth-order valence-corrected chi connectivity index (χ4v) is 3.03. The van der Waals surface area contributed by atoms with Crippen LogP contribution in [0.2, 0.25) is 0 Å². The number of nitrogens with zero attached hydrogens (tertiary/aromatic N) is 1. The molecule has 0 amide bonds. The molecule has 1 aliphatic rings. The van der Waals surface area contributed by atoms with Crippen LogP contribution in [0.1, 0.15) is 47.5 Å². The van der Waals surface area contributed by atoms with Gasteiger partial charge in [0.25, 0.3) is 0 Å². The van der Waals surface area contributed by atoms with Gasteiger partial charge in [0.2, 0.25) is 0 Å². The Morgan fingerprint density at radius 3 is 2.55 bits per heavy atom. The third-order valence-corrected chi connectivity index (χ3v) is 4.59. The predicted octanol–water partition coefficient (Wildman–Crippen LogP) is 2.28. The molecule has 0 spiro atoms. The van der Waals surface area contributed by atoms with Gasteiger partial charge in [-0.05, 0) is 52.0 Å². The number of nitrogens with one attached hydrogen (secondary N) is 1. The molecule has 3 atom stereocenters. The highest BCUT2D eigenvalue weighted by Gasteiger charge is 2.35. The maximum Gasteiger partial charge on any atom is 0.325 e. The van der Waals surface area contributed by atoms with Crippen molar-refractivity contribution in [3.8, 4) is 0 Å². The van der Waals surface area contributed by atoms with Crippen LogP contribution >= 0.6 is 0 Å². The van der Waals surface area contributed by atoms with Gasteiger partial charge in [-0.25, -0.2) is 0 Å². The number of hydrogen-bond acceptors (Lipinski definition) is 4. The zero-order chi connectivity index (χ0) is 15.3. The maximum atomic E-state index is 12.1. The number of carbonyl (C=O) groups is 1. The number of esters is 1. The summed E-state index contributed by atoms with van der Waals surface area (Å²) in [4.78, 5) is 14.5.